The number of ether oxygens (including phenoxy) is 1. The summed E-state index contributed by atoms with van der Waals surface area (Å²) in [5, 5.41) is 0. The number of carbonyl (C=O) groups is 2. The molecule has 2 aromatic carbocycles. The van der Waals surface area contributed by atoms with Crippen molar-refractivity contribution in [1.29, 1.82) is 0 Å². The van der Waals surface area contributed by atoms with E-state index in [1.807, 2.05) is 36.9 Å². The van der Waals surface area contributed by atoms with Gasteiger partial charge in [0.1, 0.15) is 11.6 Å². The van der Waals surface area contributed by atoms with Crippen molar-refractivity contribution in [2.75, 3.05) is 13.1 Å². The summed E-state index contributed by atoms with van der Waals surface area (Å²) in [7, 11) is 0. The third kappa shape index (κ3) is 5.93. The van der Waals surface area contributed by atoms with Crippen LogP contribution in [0.2, 0.25) is 0 Å². The van der Waals surface area contributed by atoms with Crippen LogP contribution in [-0.4, -0.2) is 35.3 Å². The molecule has 0 aliphatic carbocycles. The van der Waals surface area contributed by atoms with Gasteiger partial charge in [-0.3, -0.25) is 9.59 Å². The van der Waals surface area contributed by atoms with E-state index in [1.54, 1.807) is 26.0 Å². The summed E-state index contributed by atoms with van der Waals surface area (Å²) in [6.07, 6.45) is 2.21. The highest BCUT2D eigenvalue weighted by atomic mass is 19.1. The highest BCUT2D eigenvalue weighted by Gasteiger charge is 2.32. The van der Waals surface area contributed by atoms with Crippen LogP contribution in [0.3, 0.4) is 0 Å². The van der Waals surface area contributed by atoms with Gasteiger partial charge in [0.25, 0.3) is 0 Å². The number of amides is 1. The number of benzene rings is 2. The molecule has 0 spiro atoms. The van der Waals surface area contributed by atoms with Crippen molar-refractivity contribution >= 4 is 11.7 Å². The first kappa shape index (κ1) is 23.0. The minimum atomic E-state index is -0.892. The summed E-state index contributed by atoms with van der Waals surface area (Å²) in [5.74, 6) is 0.622. The molecule has 166 valence electrons. The van der Waals surface area contributed by atoms with Crippen molar-refractivity contribution in [1.82, 2.24) is 4.90 Å². The van der Waals surface area contributed by atoms with Crippen LogP contribution in [-0.2, 0) is 16.0 Å². The van der Waals surface area contributed by atoms with Crippen molar-refractivity contribution < 1.29 is 18.7 Å². The van der Waals surface area contributed by atoms with Crippen molar-refractivity contribution in [3.05, 3.63) is 65.5 Å². The lowest BCUT2D eigenvalue weighted by atomic mass is 9.90. The van der Waals surface area contributed by atoms with Crippen LogP contribution in [0.15, 0.2) is 48.5 Å². The molecular weight excluding hydrogens is 393 g/mol. The normalized spacial score (nSPS) is 17.0. The van der Waals surface area contributed by atoms with E-state index in [-0.39, 0.29) is 35.8 Å². The molecule has 31 heavy (non-hydrogen) atoms. The van der Waals surface area contributed by atoms with Gasteiger partial charge in [-0.05, 0) is 62.1 Å². The van der Waals surface area contributed by atoms with E-state index in [4.69, 9.17) is 4.74 Å². The SMILES string of the molecule is CC(C)C(=O)C(C)(C)Oc1cccc(C2CCCN(C(=O)Cc3ccc(F)cc3)C2)c1. The first-order valence-corrected chi connectivity index (χ1v) is 11.0. The summed E-state index contributed by atoms with van der Waals surface area (Å²) in [6, 6.07) is 14.0. The van der Waals surface area contributed by atoms with E-state index in [0.29, 0.717) is 12.3 Å². The number of carbonyl (C=O) groups excluding carboxylic acids is 2. The molecule has 1 atom stereocenters. The lowest BCUT2D eigenvalue weighted by Gasteiger charge is -2.33. The Labute approximate surface area is 184 Å². The Kier molecular flexibility index (Phi) is 7.14. The summed E-state index contributed by atoms with van der Waals surface area (Å²) >= 11 is 0. The van der Waals surface area contributed by atoms with Crippen LogP contribution < -0.4 is 4.74 Å². The van der Waals surface area contributed by atoms with Gasteiger partial charge < -0.3 is 9.64 Å². The topological polar surface area (TPSA) is 46.6 Å². The molecule has 3 rings (SSSR count). The van der Waals surface area contributed by atoms with Crippen molar-refractivity contribution in [3.8, 4) is 5.75 Å². The first-order chi connectivity index (χ1) is 14.7. The predicted octanol–water partition coefficient (Wildman–Crippen LogP) is 5.16. The molecule has 0 radical (unpaired) electrons. The molecule has 1 aliphatic heterocycles. The van der Waals surface area contributed by atoms with Gasteiger partial charge in [0.15, 0.2) is 11.4 Å². The molecule has 0 bridgehead atoms. The number of hydrogen-bond acceptors (Lipinski definition) is 3. The molecule has 1 amide bonds. The molecule has 0 saturated carbocycles. The summed E-state index contributed by atoms with van der Waals surface area (Å²) in [6.45, 7) is 8.75. The van der Waals surface area contributed by atoms with Gasteiger partial charge in [-0.2, -0.15) is 0 Å². The Morgan fingerprint density at radius 2 is 1.87 bits per heavy atom. The molecule has 1 unspecified atom stereocenters. The maximum atomic E-state index is 13.1. The molecule has 2 aromatic rings. The summed E-state index contributed by atoms with van der Waals surface area (Å²) in [5.41, 5.74) is 1.04. The highest BCUT2D eigenvalue weighted by molar-refractivity contribution is 5.88. The Bertz CT molecular complexity index is 921. The Balaban J connectivity index is 1.67. The highest BCUT2D eigenvalue weighted by Crippen LogP contribution is 2.31. The van der Waals surface area contributed by atoms with Gasteiger partial charge in [0.05, 0.1) is 6.42 Å². The van der Waals surface area contributed by atoms with E-state index >= 15 is 0 Å². The Hall–Kier alpha value is -2.69. The van der Waals surface area contributed by atoms with Crippen molar-refractivity contribution in [2.45, 2.75) is 58.5 Å². The molecule has 1 aliphatic rings. The Morgan fingerprint density at radius 3 is 2.55 bits per heavy atom. The summed E-state index contributed by atoms with van der Waals surface area (Å²) < 4.78 is 19.2. The molecule has 1 fully saturated rings. The zero-order chi connectivity index (χ0) is 22.6. The molecule has 5 heteroatoms. The second-order valence-corrected chi connectivity index (χ2v) is 9.19. The predicted molar refractivity (Wildman–Crippen MR) is 120 cm³/mol. The quantitative estimate of drug-likeness (QED) is 0.616. The number of Topliss-reactive ketones (excluding diaryl/α,β-unsaturated/α-hetero) is 1. The van der Waals surface area contributed by atoms with E-state index in [0.717, 1.165) is 30.5 Å². The number of hydrogen-bond donors (Lipinski definition) is 0. The molecule has 0 N–H and O–H groups in total. The van der Waals surface area contributed by atoms with Crippen LogP contribution in [0, 0.1) is 11.7 Å². The average Bonchev–Trinajstić information content (AvgIpc) is 2.74. The number of piperidine rings is 1. The Morgan fingerprint density at radius 1 is 1.16 bits per heavy atom. The van der Waals surface area contributed by atoms with Gasteiger partial charge in [-0.15, -0.1) is 0 Å². The fourth-order valence-electron chi connectivity index (χ4n) is 4.24. The maximum absolute atomic E-state index is 13.1. The fraction of sp³-hybridized carbons (Fsp3) is 0.462. The van der Waals surface area contributed by atoms with Gasteiger partial charge in [-0.1, -0.05) is 38.1 Å². The van der Waals surface area contributed by atoms with Crippen molar-refractivity contribution in [3.63, 3.8) is 0 Å². The number of halogens is 1. The maximum Gasteiger partial charge on any atom is 0.227 e. The third-order valence-corrected chi connectivity index (χ3v) is 5.86. The fourth-order valence-corrected chi connectivity index (χ4v) is 4.24. The lowest BCUT2D eigenvalue weighted by molar-refractivity contribution is -0.135. The van der Waals surface area contributed by atoms with Crippen LogP contribution >= 0.6 is 0 Å². The second kappa shape index (κ2) is 9.63. The molecule has 1 saturated heterocycles. The van der Waals surface area contributed by atoms with E-state index in [1.165, 1.54) is 12.1 Å². The van der Waals surface area contributed by atoms with E-state index in [2.05, 4.69) is 6.07 Å². The van der Waals surface area contributed by atoms with Crippen molar-refractivity contribution in [2.24, 2.45) is 5.92 Å². The number of ketones is 1. The van der Waals surface area contributed by atoms with Crippen LogP contribution in [0.25, 0.3) is 0 Å². The zero-order valence-corrected chi connectivity index (χ0v) is 18.9. The standard InChI is InChI=1S/C26H32FNO3/c1-18(2)25(30)26(3,4)31-23-9-5-7-20(16-23)21-8-6-14-28(17-21)24(29)15-19-10-12-22(27)13-11-19/h5,7,9-13,16,18,21H,6,8,14-15,17H2,1-4H3. The number of nitrogens with zero attached hydrogens (tertiary/aromatic N) is 1. The largest absolute Gasteiger partial charge is 0.480 e. The minimum absolute atomic E-state index is 0.0624. The van der Waals surface area contributed by atoms with Gasteiger partial charge >= 0.3 is 0 Å². The van der Waals surface area contributed by atoms with Gasteiger partial charge in [0, 0.05) is 24.9 Å². The van der Waals surface area contributed by atoms with Crippen LogP contribution in [0.1, 0.15) is 57.6 Å². The third-order valence-electron chi connectivity index (χ3n) is 5.86. The zero-order valence-electron chi connectivity index (χ0n) is 18.9. The monoisotopic (exact) mass is 425 g/mol. The number of likely N-dealkylation sites (tertiary alicyclic amines) is 1. The molecular formula is C26H32FNO3. The smallest absolute Gasteiger partial charge is 0.227 e. The molecule has 1 heterocycles. The van der Waals surface area contributed by atoms with E-state index in [9.17, 15) is 14.0 Å². The molecule has 4 nitrogen and oxygen atoms in total. The average molecular weight is 426 g/mol. The van der Waals surface area contributed by atoms with Crippen LogP contribution in [0.4, 0.5) is 4.39 Å². The second-order valence-electron chi connectivity index (χ2n) is 9.19. The number of rotatable bonds is 7. The summed E-state index contributed by atoms with van der Waals surface area (Å²) in [4.78, 5) is 27.1. The molecule has 0 aromatic heterocycles. The first-order valence-electron chi connectivity index (χ1n) is 11.0. The minimum Gasteiger partial charge on any atom is -0.480 e. The van der Waals surface area contributed by atoms with E-state index < -0.39 is 5.60 Å². The van der Waals surface area contributed by atoms with Gasteiger partial charge in [0.2, 0.25) is 5.91 Å². The lowest BCUT2D eigenvalue weighted by Crippen LogP contribution is -2.41. The van der Waals surface area contributed by atoms with Gasteiger partial charge in [-0.25, -0.2) is 4.39 Å². The van der Waals surface area contributed by atoms with Crippen LogP contribution in [0.5, 0.6) is 5.75 Å².